The lowest BCUT2D eigenvalue weighted by molar-refractivity contribution is 0.475. The Labute approximate surface area is 163 Å². The molecule has 1 aromatic carbocycles. The van der Waals surface area contributed by atoms with Gasteiger partial charge in [0.2, 0.25) is 5.82 Å². The third kappa shape index (κ3) is 5.05. The van der Waals surface area contributed by atoms with Gasteiger partial charge >= 0.3 is 0 Å². The van der Waals surface area contributed by atoms with Crippen LogP contribution in [0.1, 0.15) is 11.4 Å². The smallest absolute Gasteiger partial charge is 0.216 e. The fourth-order valence-corrected chi connectivity index (χ4v) is 2.37. The minimum Gasteiger partial charge on any atom is -0.461 e. The molecule has 3 aromatic rings. The zero-order valence-corrected chi connectivity index (χ0v) is 16.5. The van der Waals surface area contributed by atoms with Crippen LogP contribution in [0.15, 0.2) is 58.1 Å². The predicted octanol–water partition coefficient (Wildman–Crippen LogP) is 2.89. The van der Waals surface area contributed by atoms with Gasteiger partial charge in [-0.3, -0.25) is 10.1 Å². The van der Waals surface area contributed by atoms with Crippen LogP contribution >= 0.6 is 24.0 Å². The van der Waals surface area contributed by atoms with Gasteiger partial charge in [-0.2, -0.15) is 0 Å². The van der Waals surface area contributed by atoms with Crippen LogP contribution in [0.25, 0.3) is 11.6 Å². The van der Waals surface area contributed by atoms with E-state index in [0.717, 1.165) is 18.3 Å². The zero-order chi connectivity index (χ0) is 16.8. The van der Waals surface area contributed by atoms with E-state index in [1.54, 1.807) is 13.3 Å². The van der Waals surface area contributed by atoms with Gasteiger partial charge in [-0.1, -0.05) is 30.3 Å². The highest BCUT2D eigenvalue weighted by molar-refractivity contribution is 14.0. The molecule has 0 saturated heterocycles. The van der Waals surface area contributed by atoms with Gasteiger partial charge in [-0.15, -0.1) is 29.1 Å². The molecule has 7 nitrogen and oxygen atoms in total. The van der Waals surface area contributed by atoms with E-state index in [4.69, 9.17) is 4.42 Å². The van der Waals surface area contributed by atoms with E-state index in [1.165, 1.54) is 5.56 Å². The van der Waals surface area contributed by atoms with Crippen LogP contribution < -0.4 is 5.32 Å². The number of halogens is 1. The Balaban J connectivity index is 0.00000225. The standard InChI is InChI=1S/C17H20N6O.HI/c1-18-17(23(2)12-13-7-4-3-5-8-13)19-11-15-20-16(22-21-15)14-9-6-10-24-14;/h3-10H,11-12H2,1-2H3,(H,18,19)(H,20,21,22);1H. The lowest BCUT2D eigenvalue weighted by Gasteiger charge is -2.21. The molecular formula is C17H21IN6O. The van der Waals surface area contributed by atoms with Crippen molar-refractivity contribution in [2.24, 2.45) is 4.99 Å². The summed E-state index contributed by atoms with van der Waals surface area (Å²) in [7, 11) is 3.76. The van der Waals surface area contributed by atoms with Crippen LogP contribution in [-0.2, 0) is 13.1 Å². The van der Waals surface area contributed by atoms with E-state index in [9.17, 15) is 0 Å². The highest BCUT2D eigenvalue weighted by Crippen LogP contribution is 2.14. The van der Waals surface area contributed by atoms with Crippen molar-refractivity contribution in [3.63, 3.8) is 0 Å². The fourth-order valence-electron chi connectivity index (χ4n) is 2.37. The van der Waals surface area contributed by atoms with Crippen molar-refractivity contribution in [1.29, 1.82) is 0 Å². The lowest BCUT2D eigenvalue weighted by Crippen LogP contribution is -2.38. The molecule has 0 spiro atoms. The molecular weight excluding hydrogens is 431 g/mol. The number of nitrogens with zero attached hydrogens (tertiary/aromatic N) is 4. The van der Waals surface area contributed by atoms with E-state index >= 15 is 0 Å². The van der Waals surface area contributed by atoms with Gasteiger partial charge in [0.1, 0.15) is 5.82 Å². The van der Waals surface area contributed by atoms with Crippen LogP contribution in [0.5, 0.6) is 0 Å². The Hall–Kier alpha value is -2.36. The van der Waals surface area contributed by atoms with E-state index in [2.05, 4.69) is 42.5 Å². The Morgan fingerprint density at radius 1 is 1.24 bits per heavy atom. The molecule has 0 fully saturated rings. The number of furan rings is 1. The molecule has 132 valence electrons. The summed E-state index contributed by atoms with van der Waals surface area (Å²) >= 11 is 0. The second-order valence-electron chi connectivity index (χ2n) is 5.33. The molecule has 0 bridgehead atoms. The maximum Gasteiger partial charge on any atom is 0.216 e. The van der Waals surface area contributed by atoms with Crippen molar-refractivity contribution >= 4 is 29.9 Å². The molecule has 0 aliphatic heterocycles. The van der Waals surface area contributed by atoms with Crippen molar-refractivity contribution in [1.82, 2.24) is 25.4 Å². The van der Waals surface area contributed by atoms with Crippen molar-refractivity contribution in [3.8, 4) is 11.6 Å². The van der Waals surface area contributed by atoms with E-state index in [0.29, 0.717) is 18.1 Å². The normalized spacial score (nSPS) is 11.0. The molecule has 3 rings (SSSR count). The van der Waals surface area contributed by atoms with E-state index < -0.39 is 0 Å². The van der Waals surface area contributed by atoms with Crippen LogP contribution in [-0.4, -0.2) is 40.1 Å². The number of benzene rings is 1. The van der Waals surface area contributed by atoms with Crippen LogP contribution in [0.4, 0.5) is 0 Å². The maximum atomic E-state index is 5.29. The molecule has 2 heterocycles. The van der Waals surface area contributed by atoms with Gasteiger partial charge in [0.05, 0.1) is 12.8 Å². The SMILES string of the molecule is CN=C(NCc1nc(-c2ccco2)n[nH]1)N(C)Cc1ccccc1.I. The van der Waals surface area contributed by atoms with Gasteiger partial charge in [-0.05, 0) is 17.7 Å². The molecule has 2 aromatic heterocycles. The van der Waals surface area contributed by atoms with Crippen molar-refractivity contribution in [3.05, 3.63) is 60.1 Å². The third-order valence-corrected chi connectivity index (χ3v) is 3.52. The largest absolute Gasteiger partial charge is 0.461 e. The van der Waals surface area contributed by atoms with Crippen molar-refractivity contribution in [2.75, 3.05) is 14.1 Å². The van der Waals surface area contributed by atoms with E-state index in [1.807, 2.05) is 37.4 Å². The average Bonchev–Trinajstić information content (AvgIpc) is 3.28. The average molecular weight is 452 g/mol. The maximum absolute atomic E-state index is 5.29. The molecule has 0 atom stereocenters. The first-order chi connectivity index (χ1) is 11.8. The first kappa shape index (κ1) is 19.0. The molecule has 0 saturated carbocycles. The number of guanidine groups is 1. The molecule has 0 unspecified atom stereocenters. The summed E-state index contributed by atoms with van der Waals surface area (Å²) in [5.74, 6) is 2.69. The summed E-state index contributed by atoms with van der Waals surface area (Å²) in [6.45, 7) is 1.27. The summed E-state index contributed by atoms with van der Waals surface area (Å²) in [5.41, 5.74) is 1.22. The summed E-state index contributed by atoms with van der Waals surface area (Å²) in [6, 6.07) is 13.9. The monoisotopic (exact) mass is 452 g/mol. The number of aromatic amines is 1. The minimum atomic E-state index is 0. The Kier molecular flexibility index (Phi) is 6.99. The summed E-state index contributed by atoms with van der Waals surface area (Å²) in [5, 5.41) is 10.3. The van der Waals surface area contributed by atoms with Crippen molar-refractivity contribution in [2.45, 2.75) is 13.1 Å². The van der Waals surface area contributed by atoms with Crippen LogP contribution in [0.2, 0.25) is 0 Å². The highest BCUT2D eigenvalue weighted by Gasteiger charge is 2.10. The molecule has 8 heteroatoms. The second-order valence-corrected chi connectivity index (χ2v) is 5.33. The van der Waals surface area contributed by atoms with E-state index in [-0.39, 0.29) is 24.0 Å². The van der Waals surface area contributed by atoms with Gasteiger partial charge in [0.25, 0.3) is 0 Å². The summed E-state index contributed by atoms with van der Waals surface area (Å²) in [4.78, 5) is 10.8. The molecule has 0 aliphatic rings. The number of rotatable bonds is 5. The van der Waals surface area contributed by atoms with Gasteiger partial charge in [-0.25, -0.2) is 4.98 Å². The minimum absolute atomic E-state index is 0. The fraction of sp³-hybridized carbons (Fsp3) is 0.235. The lowest BCUT2D eigenvalue weighted by atomic mass is 10.2. The highest BCUT2D eigenvalue weighted by atomic mass is 127. The number of hydrogen-bond acceptors (Lipinski definition) is 4. The Morgan fingerprint density at radius 2 is 2.04 bits per heavy atom. The molecule has 25 heavy (non-hydrogen) atoms. The molecule has 0 amide bonds. The van der Waals surface area contributed by atoms with Crippen LogP contribution in [0.3, 0.4) is 0 Å². The first-order valence-electron chi connectivity index (χ1n) is 7.67. The third-order valence-electron chi connectivity index (χ3n) is 3.52. The summed E-state index contributed by atoms with van der Waals surface area (Å²) < 4.78 is 5.29. The molecule has 0 radical (unpaired) electrons. The van der Waals surface area contributed by atoms with Gasteiger partial charge in [0.15, 0.2) is 11.7 Å². The number of aliphatic imine (C=N–C) groups is 1. The van der Waals surface area contributed by atoms with Crippen LogP contribution in [0, 0.1) is 0 Å². The number of H-pyrrole nitrogens is 1. The predicted molar refractivity (Wildman–Crippen MR) is 108 cm³/mol. The van der Waals surface area contributed by atoms with Gasteiger partial charge in [0, 0.05) is 20.6 Å². The molecule has 0 aliphatic carbocycles. The second kappa shape index (κ2) is 9.21. The number of hydrogen-bond donors (Lipinski definition) is 2. The summed E-state index contributed by atoms with van der Waals surface area (Å²) in [6.07, 6.45) is 1.60. The van der Waals surface area contributed by atoms with Gasteiger partial charge < -0.3 is 14.6 Å². The number of nitrogens with one attached hydrogen (secondary N) is 2. The Bertz CT molecular complexity index is 785. The zero-order valence-electron chi connectivity index (χ0n) is 14.1. The topological polar surface area (TPSA) is 82.3 Å². The first-order valence-corrected chi connectivity index (χ1v) is 7.67. The quantitative estimate of drug-likeness (QED) is 0.354. The Morgan fingerprint density at radius 3 is 2.72 bits per heavy atom. The number of aromatic nitrogens is 3. The molecule has 2 N–H and O–H groups in total. The van der Waals surface area contributed by atoms with Crippen molar-refractivity contribution < 1.29 is 4.42 Å².